The van der Waals surface area contributed by atoms with Gasteiger partial charge in [0.2, 0.25) is 0 Å². The zero-order chi connectivity index (χ0) is 14.5. The highest BCUT2D eigenvalue weighted by Gasteiger charge is 2.15. The Hall–Kier alpha value is -1.22. The van der Waals surface area contributed by atoms with Crippen molar-refractivity contribution in [2.24, 2.45) is 0 Å². The molecule has 0 aromatic heterocycles. The smallest absolute Gasteiger partial charge is 0.166 e. The van der Waals surface area contributed by atoms with Gasteiger partial charge in [0.15, 0.2) is 11.5 Å². The molecule has 0 heterocycles. The van der Waals surface area contributed by atoms with E-state index in [0.717, 1.165) is 30.0 Å². The van der Waals surface area contributed by atoms with Crippen LogP contribution in [0.25, 0.3) is 0 Å². The highest BCUT2D eigenvalue weighted by Crippen LogP contribution is 2.32. The molecule has 19 heavy (non-hydrogen) atoms. The minimum absolute atomic E-state index is 0.0801. The van der Waals surface area contributed by atoms with Crippen molar-refractivity contribution < 1.29 is 9.47 Å². The number of para-hydroxylation sites is 1. The first-order valence-electron chi connectivity index (χ1n) is 6.95. The molecule has 0 aliphatic heterocycles. The average Bonchev–Trinajstić information content (AvgIpc) is 2.36. The first-order valence-corrected chi connectivity index (χ1v) is 6.95. The largest absolute Gasteiger partial charge is 0.493 e. The molecule has 1 rings (SSSR count). The Morgan fingerprint density at radius 1 is 1.26 bits per heavy atom. The quantitative estimate of drug-likeness (QED) is 0.849. The van der Waals surface area contributed by atoms with Gasteiger partial charge >= 0.3 is 0 Å². The van der Waals surface area contributed by atoms with Gasteiger partial charge in [0.25, 0.3) is 0 Å². The van der Waals surface area contributed by atoms with Crippen LogP contribution in [0.5, 0.6) is 11.5 Å². The Bertz CT molecular complexity index is 396. The molecule has 108 valence electrons. The molecular formula is C16H27NO2. The third-order valence-electron chi connectivity index (χ3n) is 2.98. The summed E-state index contributed by atoms with van der Waals surface area (Å²) in [5.74, 6) is 1.66. The Kier molecular flexibility index (Phi) is 5.67. The fourth-order valence-electron chi connectivity index (χ4n) is 1.64. The molecule has 0 saturated heterocycles. The van der Waals surface area contributed by atoms with Crippen LogP contribution in [0.3, 0.4) is 0 Å². The third kappa shape index (κ3) is 5.11. The van der Waals surface area contributed by atoms with E-state index in [-0.39, 0.29) is 11.6 Å². The van der Waals surface area contributed by atoms with Crippen molar-refractivity contribution >= 4 is 0 Å². The zero-order valence-corrected chi connectivity index (χ0v) is 13.0. The van der Waals surface area contributed by atoms with Gasteiger partial charge in [-0.25, -0.2) is 0 Å². The van der Waals surface area contributed by atoms with Gasteiger partial charge in [-0.3, -0.25) is 0 Å². The summed E-state index contributed by atoms with van der Waals surface area (Å²) >= 11 is 0. The molecule has 0 spiro atoms. The summed E-state index contributed by atoms with van der Waals surface area (Å²) in [4.78, 5) is 0. The molecule has 0 aliphatic rings. The van der Waals surface area contributed by atoms with Gasteiger partial charge in [0.05, 0.1) is 13.2 Å². The minimum atomic E-state index is 0.0801. The number of nitrogens with one attached hydrogen (secondary N) is 1. The second-order valence-electron chi connectivity index (χ2n) is 5.89. The predicted molar refractivity (Wildman–Crippen MR) is 80.0 cm³/mol. The normalized spacial score (nSPS) is 13.2. The average molecular weight is 265 g/mol. The summed E-state index contributed by atoms with van der Waals surface area (Å²) in [5.41, 5.74) is 1.21. The summed E-state index contributed by atoms with van der Waals surface area (Å²) in [6.07, 6.45) is 1.16. The summed E-state index contributed by atoms with van der Waals surface area (Å²) in [7, 11) is 1.68. The number of benzene rings is 1. The molecule has 1 unspecified atom stereocenters. The van der Waals surface area contributed by atoms with Gasteiger partial charge in [-0.1, -0.05) is 19.1 Å². The van der Waals surface area contributed by atoms with Crippen molar-refractivity contribution in [3.63, 3.8) is 0 Å². The Labute approximate surface area is 117 Å². The molecule has 0 saturated carbocycles. The van der Waals surface area contributed by atoms with Crippen LogP contribution in [0.1, 0.15) is 46.6 Å². The Morgan fingerprint density at radius 2 is 1.95 bits per heavy atom. The molecule has 1 atom stereocenters. The summed E-state index contributed by atoms with van der Waals surface area (Å²) in [5, 5.41) is 3.49. The van der Waals surface area contributed by atoms with E-state index >= 15 is 0 Å². The van der Waals surface area contributed by atoms with Crippen LogP contribution < -0.4 is 14.8 Å². The van der Waals surface area contributed by atoms with Gasteiger partial charge in [-0.2, -0.15) is 0 Å². The van der Waals surface area contributed by atoms with E-state index < -0.39 is 0 Å². The van der Waals surface area contributed by atoms with Crippen LogP contribution in [0, 0.1) is 0 Å². The first kappa shape index (κ1) is 15.8. The maximum absolute atomic E-state index is 6.02. The van der Waals surface area contributed by atoms with Crippen molar-refractivity contribution in [1.82, 2.24) is 5.32 Å². The number of rotatable bonds is 6. The number of hydrogen-bond acceptors (Lipinski definition) is 3. The second kappa shape index (κ2) is 6.80. The van der Waals surface area contributed by atoms with E-state index in [2.05, 4.69) is 46.0 Å². The second-order valence-corrected chi connectivity index (χ2v) is 5.89. The fourth-order valence-corrected chi connectivity index (χ4v) is 1.64. The minimum Gasteiger partial charge on any atom is -0.493 e. The monoisotopic (exact) mass is 265 g/mol. The van der Waals surface area contributed by atoms with E-state index in [0.29, 0.717) is 0 Å². The molecule has 0 amide bonds. The lowest BCUT2D eigenvalue weighted by atomic mass is 10.1. The maximum atomic E-state index is 6.02. The molecule has 1 aromatic carbocycles. The Balaban J connectivity index is 2.95. The van der Waals surface area contributed by atoms with E-state index in [9.17, 15) is 0 Å². The number of hydrogen-bond donors (Lipinski definition) is 1. The SMILES string of the molecule is CCC(C)Oc1c(CNC(C)(C)C)cccc1OC. The summed E-state index contributed by atoms with van der Waals surface area (Å²) in [6.45, 7) is 11.4. The van der Waals surface area contributed by atoms with E-state index in [1.165, 1.54) is 0 Å². The van der Waals surface area contributed by atoms with Crippen LogP contribution in [0.4, 0.5) is 0 Å². The van der Waals surface area contributed by atoms with Crippen molar-refractivity contribution in [1.29, 1.82) is 0 Å². The van der Waals surface area contributed by atoms with Crippen LogP contribution >= 0.6 is 0 Å². The van der Waals surface area contributed by atoms with Crippen LogP contribution in [-0.2, 0) is 6.54 Å². The topological polar surface area (TPSA) is 30.5 Å². The molecule has 0 bridgehead atoms. The lowest BCUT2D eigenvalue weighted by Gasteiger charge is -2.23. The molecule has 0 aliphatic carbocycles. The van der Waals surface area contributed by atoms with Crippen molar-refractivity contribution in [2.75, 3.05) is 7.11 Å². The van der Waals surface area contributed by atoms with Gasteiger partial charge < -0.3 is 14.8 Å². The molecular weight excluding hydrogens is 238 g/mol. The first-order chi connectivity index (χ1) is 8.87. The maximum Gasteiger partial charge on any atom is 0.166 e. The summed E-state index contributed by atoms with van der Waals surface area (Å²) < 4.78 is 11.4. The highest BCUT2D eigenvalue weighted by molar-refractivity contribution is 5.46. The fraction of sp³-hybridized carbons (Fsp3) is 0.625. The van der Waals surface area contributed by atoms with Gasteiger partial charge in [-0.05, 0) is 40.2 Å². The van der Waals surface area contributed by atoms with Crippen LogP contribution in [-0.4, -0.2) is 18.8 Å². The lowest BCUT2D eigenvalue weighted by molar-refractivity contribution is 0.204. The number of ether oxygens (including phenoxy) is 2. The van der Waals surface area contributed by atoms with Crippen molar-refractivity contribution in [2.45, 2.75) is 59.2 Å². The molecule has 1 N–H and O–H groups in total. The molecule has 0 fully saturated rings. The molecule has 3 heteroatoms. The van der Waals surface area contributed by atoms with Gasteiger partial charge in [0, 0.05) is 17.6 Å². The van der Waals surface area contributed by atoms with Gasteiger partial charge in [-0.15, -0.1) is 0 Å². The Morgan fingerprint density at radius 3 is 2.47 bits per heavy atom. The third-order valence-corrected chi connectivity index (χ3v) is 2.98. The zero-order valence-electron chi connectivity index (χ0n) is 13.0. The van der Waals surface area contributed by atoms with Crippen LogP contribution in [0.2, 0.25) is 0 Å². The highest BCUT2D eigenvalue weighted by atomic mass is 16.5. The molecule has 1 aromatic rings. The van der Waals surface area contributed by atoms with E-state index in [1.807, 2.05) is 12.1 Å². The van der Waals surface area contributed by atoms with Crippen LogP contribution in [0.15, 0.2) is 18.2 Å². The van der Waals surface area contributed by atoms with Crippen molar-refractivity contribution in [3.05, 3.63) is 23.8 Å². The van der Waals surface area contributed by atoms with Gasteiger partial charge in [0.1, 0.15) is 0 Å². The van der Waals surface area contributed by atoms with E-state index in [4.69, 9.17) is 9.47 Å². The van der Waals surface area contributed by atoms with Crippen molar-refractivity contribution in [3.8, 4) is 11.5 Å². The number of methoxy groups -OCH3 is 1. The standard InChI is InChI=1S/C16H27NO2/c1-7-12(2)19-15-13(11-17-16(3,4)5)9-8-10-14(15)18-6/h8-10,12,17H,7,11H2,1-6H3. The molecule has 0 radical (unpaired) electrons. The molecule has 3 nitrogen and oxygen atoms in total. The summed E-state index contributed by atoms with van der Waals surface area (Å²) in [6, 6.07) is 6.03. The lowest BCUT2D eigenvalue weighted by Crippen LogP contribution is -2.35. The van der Waals surface area contributed by atoms with E-state index in [1.54, 1.807) is 7.11 Å². The predicted octanol–water partition coefficient (Wildman–Crippen LogP) is 3.76.